The second kappa shape index (κ2) is 9.08. The van der Waals surface area contributed by atoms with Crippen molar-refractivity contribution in [3.8, 4) is 16.9 Å². The first-order valence-corrected chi connectivity index (χ1v) is 10.3. The van der Waals surface area contributed by atoms with Crippen LogP contribution in [0.25, 0.3) is 11.1 Å². The number of carbonyl (C=O) groups is 1. The first-order chi connectivity index (χ1) is 14.5. The number of H-pyrrole nitrogens is 1. The number of hydrogen-bond donors (Lipinski definition) is 1. The summed E-state index contributed by atoms with van der Waals surface area (Å²) < 4.78 is 40.0. The molecule has 2 heterocycles. The second-order valence-electron chi connectivity index (χ2n) is 8.84. The van der Waals surface area contributed by atoms with E-state index in [9.17, 15) is 18.4 Å². The van der Waals surface area contributed by atoms with Crippen LogP contribution in [0.4, 0.5) is 13.6 Å². The topological polar surface area (TPSA) is 71.6 Å². The van der Waals surface area contributed by atoms with Crippen LogP contribution in [0.2, 0.25) is 0 Å². The highest BCUT2D eigenvalue weighted by atomic mass is 19.1. The molecular weight excluding hydrogens is 406 g/mol. The molecular formula is C23H28F2N2O4. The Bertz CT molecular complexity index is 982. The van der Waals surface area contributed by atoms with Gasteiger partial charge in [-0.05, 0) is 75.8 Å². The molecule has 1 aromatic carbocycles. The molecule has 31 heavy (non-hydrogen) atoms. The number of amides is 1. The van der Waals surface area contributed by atoms with Gasteiger partial charge in [0.2, 0.25) is 0 Å². The number of rotatable bonds is 4. The summed E-state index contributed by atoms with van der Waals surface area (Å²) in [5.74, 6) is -1.99. The highest BCUT2D eigenvalue weighted by molar-refractivity contribution is 5.68. The summed E-state index contributed by atoms with van der Waals surface area (Å²) in [7, 11) is 0. The van der Waals surface area contributed by atoms with Crippen LogP contribution >= 0.6 is 0 Å². The number of aromatic nitrogens is 1. The quantitative estimate of drug-likeness (QED) is 0.760. The number of nitrogens with one attached hydrogen (secondary N) is 1. The number of ether oxygens (including phenoxy) is 2. The monoisotopic (exact) mass is 434 g/mol. The van der Waals surface area contributed by atoms with Gasteiger partial charge in [0.1, 0.15) is 5.60 Å². The second-order valence-corrected chi connectivity index (χ2v) is 8.84. The Morgan fingerprint density at radius 2 is 1.81 bits per heavy atom. The predicted molar refractivity (Wildman–Crippen MR) is 113 cm³/mol. The molecule has 0 radical (unpaired) electrons. The Morgan fingerprint density at radius 1 is 1.19 bits per heavy atom. The van der Waals surface area contributed by atoms with Crippen molar-refractivity contribution in [3.63, 3.8) is 0 Å². The molecule has 1 amide bonds. The number of halogens is 2. The van der Waals surface area contributed by atoms with Gasteiger partial charge in [-0.1, -0.05) is 0 Å². The number of piperidine rings is 1. The van der Waals surface area contributed by atoms with Gasteiger partial charge < -0.3 is 19.4 Å². The zero-order chi connectivity index (χ0) is 22.8. The third-order valence-electron chi connectivity index (χ3n) is 5.25. The molecule has 1 fully saturated rings. The number of hydrogen-bond acceptors (Lipinski definition) is 4. The number of benzene rings is 1. The number of carbonyl (C=O) groups excluding carboxylic acids is 1. The Balaban J connectivity index is 1.61. The average Bonchev–Trinajstić information content (AvgIpc) is 2.68. The van der Waals surface area contributed by atoms with Crippen molar-refractivity contribution in [2.45, 2.75) is 46.1 Å². The fourth-order valence-electron chi connectivity index (χ4n) is 3.53. The number of likely N-dealkylation sites (tertiary alicyclic amines) is 1. The minimum absolute atomic E-state index is 0.0760. The van der Waals surface area contributed by atoms with E-state index in [1.165, 1.54) is 18.3 Å². The van der Waals surface area contributed by atoms with Crippen LogP contribution in [0.1, 0.15) is 39.2 Å². The third-order valence-corrected chi connectivity index (χ3v) is 5.25. The minimum Gasteiger partial charge on any atom is -0.487 e. The van der Waals surface area contributed by atoms with Crippen LogP contribution in [0, 0.1) is 24.5 Å². The molecule has 0 bridgehead atoms. The SMILES string of the molecule is Cc1c(-c2cc(F)c(OCC3CCN(C(=O)OC(C)(C)C)CC3)c(F)c2)cc[nH]c1=O. The molecule has 0 unspecified atom stereocenters. The van der Waals surface area contributed by atoms with E-state index >= 15 is 0 Å². The fraction of sp³-hybridized carbons (Fsp3) is 0.478. The molecule has 1 aliphatic rings. The maximum atomic E-state index is 14.6. The van der Waals surface area contributed by atoms with E-state index in [0.29, 0.717) is 37.1 Å². The van der Waals surface area contributed by atoms with Crippen LogP contribution in [-0.4, -0.2) is 41.3 Å². The molecule has 0 atom stereocenters. The molecule has 6 nitrogen and oxygen atoms in total. The van der Waals surface area contributed by atoms with E-state index in [0.717, 1.165) is 0 Å². The zero-order valence-corrected chi connectivity index (χ0v) is 18.3. The van der Waals surface area contributed by atoms with Gasteiger partial charge in [-0.25, -0.2) is 13.6 Å². The Morgan fingerprint density at radius 3 is 2.39 bits per heavy atom. The molecule has 1 saturated heterocycles. The lowest BCUT2D eigenvalue weighted by Gasteiger charge is -2.33. The lowest BCUT2D eigenvalue weighted by atomic mass is 9.98. The number of nitrogens with zero attached hydrogens (tertiary/aromatic N) is 1. The summed E-state index contributed by atoms with van der Waals surface area (Å²) in [5.41, 5.74) is 0.256. The molecule has 0 saturated carbocycles. The van der Waals surface area contributed by atoms with E-state index in [1.807, 2.05) is 20.8 Å². The van der Waals surface area contributed by atoms with Gasteiger partial charge in [0.15, 0.2) is 17.4 Å². The molecule has 1 aromatic heterocycles. The maximum absolute atomic E-state index is 14.6. The smallest absolute Gasteiger partial charge is 0.410 e. The van der Waals surface area contributed by atoms with Crippen molar-refractivity contribution in [2.75, 3.05) is 19.7 Å². The third kappa shape index (κ3) is 5.62. The molecule has 3 rings (SSSR count). The van der Waals surface area contributed by atoms with Crippen LogP contribution in [0.5, 0.6) is 5.75 Å². The van der Waals surface area contributed by atoms with E-state index in [1.54, 1.807) is 17.9 Å². The summed E-state index contributed by atoms with van der Waals surface area (Å²) in [4.78, 5) is 28.1. The van der Waals surface area contributed by atoms with Crippen molar-refractivity contribution in [1.29, 1.82) is 0 Å². The summed E-state index contributed by atoms with van der Waals surface area (Å²) in [6, 6.07) is 3.94. The Labute approximate surface area is 180 Å². The minimum atomic E-state index is -0.819. The van der Waals surface area contributed by atoms with Crippen LogP contribution in [0.3, 0.4) is 0 Å². The number of pyridine rings is 1. The van der Waals surface area contributed by atoms with Crippen molar-refractivity contribution in [3.05, 3.63) is 51.9 Å². The first-order valence-electron chi connectivity index (χ1n) is 10.3. The first kappa shape index (κ1) is 22.8. The highest BCUT2D eigenvalue weighted by Gasteiger charge is 2.27. The standard InChI is InChI=1S/C23H28F2N2O4/c1-14-17(5-8-26-21(14)28)16-11-18(24)20(19(25)12-16)30-13-15-6-9-27(10-7-15)22(29)31-23(2,3)4/h5,8,11-12,15H,6-7,9-10,13H2,1-4H3,(H,26,28). The summed E-state index contributed by atoms with van der Waals surface area (Å²) in [5, 5.41) is 0. The number of aromatic amines is 1. The Kier molecular flexibility index (Phi) is 6.67. The molecule has 1 aliphatic heterocycles. The van der Waals surface area contributed by atoms with Gasteiger partial charge in [0.05, 0.1) is 6.61 Å². The van der Waals surface area contributed by atoms with Gasteiger partial charge in [-0.2, -0.15) is 0 Å². The lowest BCUT2D eigenvalue weighted by molar-refractivity contribution is 0.0164. The van der Waals surface area contributed by atoms with Crippen molar-refractivity contribution in [1.82, 2.24) is 9.88 Å². The predicted octanol–water partition coefficient (Wildman–Crippen LogP) is 4.65. The van der Waals surface area contributed by atoms with E-state index in [-0.39, 0.29) is 29.7 Å². The molecule has 8 heteroatoms. The fourth-order valence-corrected chi connectivity index (χ4v) is 3.53. The molecule has 0 aliphatic carbocycles. The van der Waals surface area contributed by atoms with Gasteiger partial charge in [-0.3, -0.25) is 4.79 Å². The van der Waals surface area contributed by atoms with Crippen molar-refractivity contribution in [2.24, 2.45) is 5.92 Å². The van der Waals surface area contributed by atoms with Crippen LogP contribution < -0.4 is 10.3 Å². The lowest BCUT2D eigenvalue weighted by Crippen LogP contribution is -2.42. The van der Waals surface area contributed by atoms with Crippen molar-refractivity contribution >= 4 is 6.09 Å². The normalized spacial score (nSPS) is 15.1. The summed E-state index contributed by atoms with van der Waals surface area (Å²) >= 11 is 0. The van der Waals surface area contributed by atoms with Crippen molar-refractivity contribution < 1.29 is 23.0 Å². The molecule has 168 valence electrons. The summed E-state index contributed by atoms with van der Waals surface area (Å²) in [6.07, 6.45) is 2.41. The molecule has 1 N–H and O–H groups in total. The maximum Gasteiger partial charge on any atom is 0.410 e. The van der Waals surface area contributed by atoms with Gasteiger partial charge in [0, 0.05) is 24.8 Å². The molecule has 0 spiro atoms. The van der Waals surface area contributed by atoms with Crippen LogP contribution in [0.15, 0.2) is 29.2 Å². The summed E-state index contributed by atoms with van der Waals surface area (Å²) in [6.45, 7) is 8.21. The largest absolute Gasteiger partial charge is 0.487 e. The average molecular weight is 434 g/mol. The van der Waals surface area contributed by atoms with E-state index in [4.69, 9.17) is 9.47 Å². The van der Waals surface area contributed by atoms with Gasteiger partial charge >= 0.3 is 6.09 Å². The van der Waals surface area contributed by atoms with E-state index < -0.39 is 23.0 Å². The Hall–Kier alpha value is -2.90. The van der Waals surface area contributed by atoms with Gasteiger partial charge in [0.25, 0.3) is 5.56 Å². The van der Waals surface area contributed by atoms with E-state index in [2.05, 4.69) is 4.98 Å². The van der Waals surface area contributed by atoms with Crippen LogP contribution in [-0.2, 0) is 4.74 Å². The zero-order valence-electron chi connectivity index (χ0n) is 18.3. The van der Waals surface area contributed by atoms with Gasteiger partial charge in [-0.15, -0.1) is 0 Å². The molecule has 2 aromatic rings. The highest BCUT2D eigenvalue weighted by Crippen LogP contribution is 2.30.